The summed E-state index contributed by atoms with van der Waals surface area (Å²) in [4.78, 5) is 19.8. The van der Waals surface area contributed by atoms with Gasteiger partial charge in [0.1, 0.15) is 5.82 Å². The number of piperidine rings is 1. The predicted octanol–water partition coefficient (Wildman–Crippen LogP) is 3.53. The van der Waals surface area contributed by atoms with E-state index in [0.717, 1.165) is 32.4 Å². The van der Waals surface area contributed by atoms with E-state index >= 15 is 0 Å². The first-order chi connectivity index (χ1) is 13.3. The molecule has 2 aliphatic rings. The van der Waals surface area contributed by atoms with Gasteiger partial charge in [0.2, 0.25) is 5.95 Å². The minimum atomic E-state index is -0.232. The molecule has 1 atom stereocenters. The molecule has 6 nitrogen and oxygen atoms in total. The van der Waals surface area contributed by atoms with Gasteiger partial charge in [0.15, 0.2) is 0 Å². The highest BCUT2D eigenvalue weighted by molar-refractivity contribution is 6.43. The summed E-state index contributed by atoms with van der Waals surface area (Å²) in [6.45, 7) is 3.45. The number of benzene rings is 1. The minimum absolute atomic E-state index is 0.104. The van der Waals surface area contributed by atoms with Crippen molar-refractivity contribution < 1.29 is 0 Å². The van der Waals surface area contributed by atoms with Gasteiger partial charge in [0, 0.05) is 19.1 Å². The zero-order chi connectivity index (χ0) is 20.1. The largest absolute Gasteiger partial charge is 0.369 e. The summed E-state index contributed by atoms with van der Waals surface area (Å²) < 4.78 is 1.32. The lowest BCUT2D eigenvalue weighted by Gasteiger charge is -2.42. The molecule has 2 heterocycles. The van der Waals surface area contributed by atoms with Crippen LogP contribution in [0.15, 0.2) is 23.0 Å². The Morgan fingerprint density at radius 1 is 1.21 bits per heavy atom. The highest BCUT2D eigenvalue weighted by atomic mass is 35.5. The van der Waals surface area contributed by atoms with E-state index in [1.165, 1.54) is 17.4 Å². The number of nitrogen functional groups attached to an aromatic ring is 1. The van der Waals surface area contributed by atoms with E-state index in [9.17, 15) is 4.79 Å². The van der Waals surface area contributed by atoms with Crippen LogP contribution in [0.25, 0.3) is 5.69 Å². The molecule has 28 heavy (non-hydrogen) atoms. The molecule has 1 aliphatic heterocycles. The Hall–Kier alpha value is -1.76. The Balaban J connectivity index is 1.68. The molecule has 1 saturated carbocycles. The number of rotatable bonds is 2. The second-order valence-electron chi connectivity index (χ2n) is 7.98. The molecule has 8 heteroatoms. The number of hydrogen-bond donors (Lipinski definition) is 2. The van der Waals surface area contributed by atoms with Gasteiger partial charge in [-0.05, 0) is 50.2 Å². The zero-order valence-corrected chi connectivity index (χ0v) is 17.4. The second kappa shape index (κ2) is 7.25. The van der Waals surface area contributed by atoms with E-state index in [0.29, 0.717) is 22.1 Å². The predicted molar refractivity (Wildman–Crippen MR) is 115 cm³/mol. The quantitative estimate of drug-likeness (QED) is 0.773. The van der Waals surface area contributed by atoms with Gasteiger partial charge in [-0.25, -0.2) is 4.57 Å². The summed E-state index contributed by atoms with van der Waals surface area (Å²) >= 11 is 12.4. The van der Waals surface area contributed by atoms with Crippen molar-refractivity contribution >= 4 is 35.0 Å². The van der Waals surface area contributed by atoms with Crippen LogP contribution in [0.2, 0.25) is 10.0 Å². The number of halogens is 2. The molecule has 4 rings (SSSR count). The van der Waals surface area contributed by atoms with Crippen molar-refractivity contribution in [2.24, 2.45) is 11.1 Å². The Morgan fingerprint density at radius 3 is 2.57 bits per heavy atom. The minimum Gasteiger partial charge on any atom is -0.369 e. The summed E-state index contributed by atoms with van der Waals surface area (Å²) in [6.07, 6.45) is 5.57. The van der Waals surface area contributed by atoms with Crippen molar-refractivity contribution in [3.63, 3.8) is 0 Å². The number of aromatic nitrogens is 2. The van der Waals surface area contributed by atoms with Crippen LogP contribution in [0.4, 0.5) is 11.8 Å². The van der Waals surface area contributed by atoms with E-state index in [4.69, 9.17) is 34.7 Å². The van der Waals surface area contributed by atoms with Crippen molar-refractivity contribution in [3.05, 3.63) is 44.2 Å². The van der Waals surface area contributed by atoms with E-state index in [1.807, 2.05) is 0 Å². The lowest BCUT2D eigenvalue weighted by molar-refractivity contribution is 0.197. The van der Waals surface area contributed by atoms with Crippen molar-refractivity contribution in [3.8, 4) is 5.69 Å². The number of hydrogen-bond acceptors (Lipinski definition) is 5. The standard InChI is InChI=1S/C20H25Cl2N5O/c1-12-17(26-10-8-20(9-11-26)7-3-6-15(20)23)25-19(24)27(18(12)28)14-5-2-4-13(21)16(14)22/h2,4-5,15H,3,6-11,23H2,1H3,(H2,24,25)/t15-/m1/s1. The molecule has 1 saturated heterocycles. The van der Waals surface area contributed by atoms with Gasteiger partial charge in [0.25, 0.3) is 5.56 Å². The number of anilines is 2. The van der Waals surface area contributed by atoms with Gasteiger partial charge in [-0.1, -0.05) is 35.7 Å². The van der Waals surface area contributed by atoms with Crippen molar-refractivity contribution in [1.29, 1.82) is 0 Å². The van der Waals surface area contributed by atoms with Crippen LogP contribution in [0, 0.1) is 12.3 Å². The smallest absolute Gasteiger partial charge is 0.264 e. The maximum Gasteiger partial charge on any atom is 0.264 e. The second-order valence-corrected chi connectivity index (χ2v) is 8.77. The van der Waals surface area contributed by atoms with Gasteiger partial charge in [0.05, 0.1) is 21.3 Å². The monoisotopic (exact) mass is 421 g/mol. The number of nitrogens with zero attached hydrogens (tertiary/aromatic N) is 3. The lowest BCUT2D eigenvalue weighted by Crippen LogP contribution is -2.47. The maximum atomic E-state index is 13.1. The van der Waals surface area contributed by atoms with Gasteiger partial charge >= 0.3 is 0 Å². The molecule has 150 valence electrons. The van der Waals surface area contributed by atoms with E-state index in [-0.39, 0.29) is 28.0 Å². The molecule has 0 unspecified atom stereocenters. The Kier molecular flexibility index (Phi) is 5.06. The molecule has 1 spiro atoms. The summed E-state index contributed by atoms with van der Waals surface area (Å²) in [5.74, 6) is 0.756. The highest BCUT2D eigenvalue weighted by Crippen LogP contribution is 2.46. The van der Waals surface area contributed by atoms with Gasteiger partial charge in [-0.15, -0.1) is 0 Å². The van der Waals surface area contributed by atoms with Gasteiger partial charge < -0.3 is 16.4 Å². The molecule has 0 bridgehead atoms. The molecular formula is C20H25Cl2N5O. The normalized spacial score (nSPS) is 21.4. The maximum absolute atomic E-state index is 13.1. The SMILES string of the molecule is Cc1c(N2CCC3(CCC[C@H]3N)CC2)nc(N)n(-c2cccc(Cl)c2Cl)c1=O. The fourth-order valence-corrected chi connectivity index (χ4v) is 5.15. The first-order valence-electron chi connectivity index (χ1n) is 9.68. The summed E-state index contributed by atoms with van der Waals surface area (Å²) in [5.41, 5.74) is 13.6. The third kappa shape index (κ3) is 3.08. The van der Waals surface area contributed by atoms with Crippen LogP contribution in [0.3, 0.4) is 0 Å². The van der Waals surface area contributed by atoms with Crippen LogP contribution in [-0.2, 0) is 0 Å². The van der Waals surface area contributed by atoms with Gasteiger partial charge in [-0.3, -0.25) is 4.79 Å². The summed E-state index contributed by atoms with van der Waals surface area (Å²) in [6, 6.07) is 5.39. The van der Waals surface area contributed by atoms with Crippen molar-refractivity contribution in [2.75, 3.05) is 23.7 Å². The lowest BCUT2D eigenvalue weighted by atomic mass is 9.74. The topological polar surface area (TPSA) is 90.2 Å². The van der Waals surface area contributed by atoms with Crippen molar-refractivity contribution in [1.82, 2.24) is 9.55 Å². The Morgan fingerprint density at radius 2 is 1.93 bits per heavy atom. The highest BCUT2D eigenvalue weighted by Gasteiger charge is 2.43. The van der Waals surface area contributed by atoms with Crippen LogP contribution < -0.4 is 21.9 Å². The van der Waals surface area contributed by atoms with Crippen LogP contribution in [0.1, 0.15) is 37.7 Å². The fourth-order valence-electron chi connectivity index (χ4n) is 4.77. The molecule has 2 fully saturated rings. The summed E-state index contributed by atoms with van der Waals surface area (Å²) in [7, 11) is 0. The van der Waals surface area contributed by atoms with E-state index in [2.05, 4.69) is 9.88 Å². The van der Waals surface area contributed by atoms with Crippen LogP contribution >= 0.6 is 23.2 Å². The first-order valence-corrected chi connectivity index (χ1v) is 10.4. The Labute approximate surface area is 174 Å². The van der Waals surface area contributed by atoms with Crippen LogP contribution in [0.5, 0.6) is 0 Å². The zero-order valence-electron chi connectivity index (χ0n) is 15.9. The molecule has 4 N–H and O–H groups in total. The van der Waals surface area contributed by atoms with Gasteiger partial charge in [-0.2, -0.15) is 4.98 Å². The molecule has 2 aromatic rings. The third-order valence-electron chi connectivity index (χ3n) is 6.52. The Bertz CT molecular complexity index is 966. The van der Waals surface area contributed by atoms with Crippen molar-refractivity contribution in [2.45, 2.75) is 45.1 Å². The third-order valence-corrected chi connectivity index (χ3v) is 7.33. The molecule has 1 aromatic heterocycles. The van der Waals surface area contributed by atoms with E-state index in [1.54, 1.807) is 25.1 Å². The fraction of sp³-hybridized carbons (Fsp3) is 0.500. The van der Waals surface area contributed by atoms with Crippen LogP contribution in [-0.4, -0.2) is 28.7 Å². The molecule has 1 aliphatic carbocycles. The first kappa shape index (κ1) is 19.6. The molecule has 0 radical (unpaired) electrons. The molecule has 1 aromatic carbocycles. The molecular weight excluding hydrogens is 397 g/mol. The molecule has 0 amide bonds. The average Bonchev–Trinajstić information content (AvgIpc) is 3.02. The average molecular weight is 422 g/mol. The summed E-state index contributed by atoms with van der Waals surface area (Å²) in [5, 5.41) is 0.642. The van der Waals surface area contributed by atoms with E-state index < -0.39 is 0 Å². The number of nitrogens with two attached hydrogens (primary N) is 2.